The maximum Gasteiger partial charge on any atom is 0.472 e. The lowest BCUT2D eigenvalue weighted by atomic mass is 10.0. The van der Waals surface area contributed by atoms with Crippen molar-refractivity contribution in [3.8, 4) is 0 Å². The van der Waals surface area contributed by atoms with Gasteiger partial charge in [-0.2, -0.15) is 0 Å². The number of unbranched alkanes of at least 4 members (excludes halogenated alkanes) is 40. The summed E-state index contributed by atoms with van der Waals surface area (Å²) in [5.41, 5.74) is 0. The summed E-state index contributed by atoms with van der Waals surface area (Å²) < 4.78 is 68.6. The van der Waals surface area contributed by atoms with Gasteiger partial charge in [0.2, 0.25) is 0 Å². The predicted octanol–water partition coefficient (Wildman–Crippen LogP) is 22.9. The number of phosphoric acid groups is 2. The van der Waals surface area contributed by atoms with Crippen molar-refractivity contribution in [2.75, 3.05) is 39.6 Å². The van der Waals surface area contributed by atoms with E-state index >= 15 is 0 Å². The van der Waals surface area contributed by atoms with E-state index in [-0.39, 0.29) is 25.7 Å². The number of carbonyl (C=O) groups excluding carboxylic acids is 4. The van der Waals surface area contributed by atoms with Crippen LogP contribution in [0.1, 0.15) is 382 Å². The number of aliphatic hydroxyl groups is 1. The van der Waals surface area contributed by atoms with Gasteiger partial charge in [0.1, 0.15) is 19.3 Å². The molecule has 0 bridgehead atoms. The zero-order valence-electron chi connectivity index (χ0n) is 63.7. The van der Waals surface area contributed by atoms with Crippen LogP contribution in [0, 0.1) is 17.8 Å². The smallest absolute Gasteiger partial charge is 0.462 e. The molecule has 0 aromatic heterocycles. The molecular weight excluding hydrogens is 1280 g/mol. The third-order valence-electron chi connectivity index (χ3n) is 17.8. The summed E-state index contributed by atoms with van der Waals surface area (Å²) >= 11 is 0. The van der Waals surface area contributed by atoms with Gasteiger partial charge in [-0.05, 0) is 69.1 Å². The van der Waals surface area contributed by atoms with Gasteiger partial charge in [-0.25, -0.2) is 9.13 Å². The van der Waals surface area contributed by atoms with Crippen molar-refractivity contribution >= 4 is 39.5 Å². The number of carbonyl (C=O) groups is 4. The summed E-state index contributed by atoms with van der Waals surface area (Å²) in [6.45, 7) is 11.9. The molecule has 0 fully saturated rings. The Labute approximate surface area is 599 Å². The van der Waals surface area contributed by atoms with E-state index in [9.17, 15) is 43.2 Å². The molecule has 0 saturated carbocycles. The maximum atomic E-state index is 13.1. The van der Waals surface area contributed by atoms with Crippen LogP contribution in [0.5, 0.6) is 0 Å². The molecule has 0 saturated heterocycles. The van der Waals surface area contributed by atoms with Gasteiger partial charge in [0, 0.05) is 25.7 Å². The Bertz CT molecular complexity index is 2000. The second-order valence-corrected chi connectivity index (χ2v) is 32.1. The van der Waals surface area contributed by atoms with E-state index in [2.05, 4.69) is 72.8 Å². The highest BCUT2D eigenvalue weighted by molar-refractivity contribution is 7.47. The van der Waals surface area contributed by atoms with Gasteiger partial charge in [0.05, 0.1) is 26.4 Å². The van der Waals surface area contributed by atoms with Crippen molar-refractivity contribution < 1.29 is 80.2 Å². The molecule has 0 aliphatic rings. The highest BCUT2D eigenvalue weighted by Gasteiger charge is 2.30. The van der Waals surface area contributed by atoms with Crippen molar-refractivity contribution in [3.63, 3.8) is 0 Å². The molecule has 19 heteroatoms. The first-order chi connectivity index (χ1) is 47.2. The van der Waals surface area contributed by atoms with Crippen LogP contribution in [0.3, 0.4) is 0 Å². The van der Waals surface area contributed by atoms with E-state index in [0.717, 1.165) is 127 Å². The van der Waals surface area contributed by atoms with Crippen LogP contribution in [-0.2, 0) is 65.4 Å². The number of aliphatic hydroxyl groups excluding tert-OH is 1. The van der Waals surface area contributed by atoms with Gasteiger partial charge in [-0.3, -0.25) is 37.3 Å². The van der Waals surface area contributed by atoms with Gasteiger partial charge in [0.15, 0.2) is 12.2 Å². The molecule has 0 aliphatic carbocycles. The van der Waals surface area contributed by atoms with Crippen LogP contribution >= 0.6 is 15.6 Å². The number of allylic oxidation sites excluding steroid dienone is 4. The number of phosphoric ester groups is 2. The standard InChI is InChI=1S/C79H150O17P2/c1-8-9-10-11-12-13-14-15-16-20-23-32-39-46-53-60-76(81)89-66-74(95-78(83)62-55-48-41-34-24-21-18-17-19-22-29-36-43-50-57-70(2)3)68-93-97(85,86)91-64-73(80)65-92-98(87,88)94-69-75(96-79(84)63-56-49-42-35-28-26-31-38-45-52-59-72(6)7)67-90-77(82)61-54-47-40-33-27-25-30-37-44-51-58-71(4)5/h13-16,70-75,80H,8-12,17-69H2,1-7H3,(H,85,86)(H,87,88)/b14-13-,16-15-/t73-,74-,75-/m1/s1. The molecular formula is C79H150O17P2. The maximum absolute atomic E-state index is 13.1. The minimum absolute atomic E-state index is 0.100. The number of hydrogen-bond donors (Lipinski definition) is 3. The van der Waals surface area contributed by atoms with Crippen LogP contribution < -0.4 is 0 Å². The number of ether oxygens (including phenoxy) is 4. The van der Waals surface area contributed by atoms with Crippen molar-refractivity contribution in [2.45, 2.75) is 401 Å². The Morgan fingerprint density at radius 3 is 0.827 bits per heavy atom. The summed E-state index contributed by atoms with van der Waals surface area (Å²) in [5, 5.41) is 10.6. The van der Waals surface area contributed by atoms with Crippen LogP contribution in [0.15, 0.2) is 24.3 Å². The van der Waals surface area contributed by atoms with Crippen molar-refractivity contribution in [3.05, 3.63) is 24.3 Å². The van der Waals surface area contributed by atoms with E-state index in [4.69, 9.17) is 37.0 Å². The molecule has 0 rings (SSSR count). The SMILES string of the molecule is CCCCCC/C=C\C=C/CCCCCCCC(=O)OC[C@H](COP(=O)(O)OC[C@@H](O)COP(=O)(O)OC[C@@H](COC(=O)CCCCCCCCCCCCC(C)C)OC(=O)CCCCCCCCCCCCC(C)C)OC(=O)CCCCCCCCCCCCCCCCC(C)C. The van der Waals surface area contributed by atoms with E-state index in [1.807, 2.05) is 0 Å². The largest absolute Gasteiger partial charge is 0.472 e. The zero-order valence-corrected chi connectivity index (χ0v) is 65.5. The highest BCUT2D eigenvalue weighted by atomic mass is 31.2. The fourth-order valence-electron chi connectivity index (χ4n) is 11.6. The first-order valence-corrected chi connectivity index (χ1v) is 43.2. The molecule has 0 spiro atoms. The second kappa shape index (κ2) is 68.9. The summed E-state index contributed by atoms with van der Waals surface area (Å²) in [6, 6.07) is 0. The lowest BCUT2D eigenvalue weighted by molar-refractivity contribution is -0.161. The van der Waals surface area contributed by atoms with Crippen molar-refractivity contribution in [1.29, 1.82) is 0 Å². The summed E-state index contributed by atoms with van der Waals surface area (Å²) in [7, 11) is -9.93. The normalized spacial score (nSPS) is 14.2. The molecule has 5 atom stereocenters. The van der Waals surface area contributed by atoms with Crippen LogP contribution in [-0.4, -0.2) is 96.7 Å². The highest BCUT2D eigenvalue weighted by Crippen LogP contribution is 2.45. The van der Waals surface area contributed by atoms with E-state index in [1.54, 1.807) is 0 Å². The molecule has 0 aromatic carbocycles. The number of hydrogen-bond acceptors (Lipinski definition) is 15. The van der Waals surface area contributed by atoms with E-state index in [1.165, 1.54) is 173 Å². The Morgan fingerprint density at radius 2 is 0.551 bits per heavy atom. The minimum atomic E-state index is -4.97. The molecule has 0 aliphatic heterocycles. The van der Waals surface area contributed by atoms with Gasteiger partial charge < -0.3 is 33.8 Å². The topological polar surface area (TPSA) is 237 Å². The summed E-state index contributed by atoms with van der Waals surface area (Å²) in [6.07, 6.45) is 59.0. The second-order valence-electron chi connectivity index (χ2n) is 29.2. The molecule has 0 heterocycles. The van der Waals surface area contributed by atoms with Crippen molar-refractivity contribution in [2.24, 2.45) is 17.8 Å². The molecule has 578 valence electrons. The van der Waals surface area contributed by atoms with Gasteiger partial charge in [-0.1, -0.05) is 330 Å². The lowest BCUT2D eigenvalue weighted by Crippen LogP contribution is -2.30. The monoisotopic (exact) mass is 1430 g/mol. The Hall–Kier alpha value is -2.46. The lowest BCUT2D eigenvalue weighted by Gasteiger charge is -2.21. The Balaban J connectivity index is 5.30. The Morgan fingerprint density at radius 1 is 0.316 bits per heavy atom. The van der Waals surface area contributed by atoms with Crippen LogP contribution in [0.2, 0.25) is 0 Å². The first kappa shape index (κ1) is 95.5. The zero-order chi connectivity index (χ0) is 72.3. The third kappa shape index (κ3) is 71.9. The third-order valence-corrected chi connectivity index (χ3v) is 19.7. The average Bonchev–Trinajstić information content (AvgIpc) is 1.04. The number of esters is 4. The predicted molar refractivity (Wildman–Crippen MR) is 400 cm³/mol. The van der Waals surface area contributed by atoms with E-state index in [0.29, 0.717) is 25.7 Å². The van der Waals surface area contributed by atoms with Crippen LogP contribution in [0.25, 0.3) is 0 Å². The average molecular weight is 1430 g/mol. The van der Waals surface area contributed by atoms with Gasteiger partial charge >= 0.3 is 39.5 Å². The molecule has 3 N–H and O–H groups in total. The minimum Gasteiger partial charge on any atom is -0.462 e. The van der Waals surface area contributed by atoms with Gasteiger partial charge in [-0.15, -0.1) is 0 Å². The molecule has 0 aromatic rings. The number of rotatable bonds is 75. The van der Waals surface area contributed by atoms with E-state index < -0.39 is 97.5 Å². The molecule has 17 nitrogen and oxygen atoms in total. The molecule has 0 amide bonds. The first-order valence-electron chi connectivity index (χ1n) is 40.2. The molecule has 0 radical (unpaired) electrons. The quantitative estimate of drug-likeness (QED) is 0.0169. The van der Waals surface area contributed by atoms with Crippen LogP contribution in [0.4, 0.5) is 0 Å². The van der Waals surface area contributed by atoms with Gasteiger partial charge in [0.25, 0.3) is 0 Å². The molecule has 98 heavy (non-hydrogen) atoms. The Kier molecular flexibility index (Phi) is 67.2. The van der Waals surface area contributed by atoms with Crippen molar-refractivity contribution in [1.82, 2.24) is 0 Å². The summed E-state index contributed by atoms with van der Waals surface area (Å²) in [5.74, 6) is 0.157. The fourth-order valence-corrected chi connectivity index (χ4v) is 13.2. The molecule has 2 unspecified atom stereocenters. The fraction of sp³-hybridized carbons (Fsp3) is 0.899. The summed E-state index contributed by atoms with van der Waals surface area (Å²) in [4.78, 5) is 73.0.